The van der Waals surface area contributed by atoms with Crippen LogP contribution < -0.4 is 0 Å². The molecule has 0 saturated heterocycles. The first kappa shape index (κ1) is 8.24. The van der Waals surface area contributed by atoms with Gasteiger partial charge in [-0.25, -0.2) is 4.98 Å². The number of hydrogen-bond acceptors (Lipinski definition) is 3. The predicted octanol–water partition coefficient (Wildman–Crippen LogP) is 2.37. The van der Waals surface area contributed by atoms with Gasteiger partial charge in [-0.1, -0.05) is 0 Å². The molecule has 1 fully saturated rings. The Bertz CT molecular complexity index is 352. The van der Waals surface area contributed by atoms with E-state index < -0.39 is 0 Å². The summed E-state index contributed by atoms with van der Waals surface area (Å²) in [6.45, 7) is 0.723. The van der Waals surface area contributed by atoms with Crippen LogP contribution in [-0.4, -0.2) is 11.6 Å². The van der Waals surface area contributed by atoms with Crippen LogP contribution in [0.15, 0.2) is 16.7 Å². The fraction of sp³-hybridized carbons (Fsp3) is 0.545. The van der Waals surface area contributed by atoms with Crippen molar-refractivity contribution in [2.24, 2.45) is 0 Å². The Hall–Kier alpha value is -1.09. The second-order valence-corrected chi connectivity index (χ2v) is 3.79. The fourth-order valence-electron chi connectivity index (χ4n) is 1.60. The molecule has 1 aliphatic carbocycles. The minimum absolute atomic E-state index is 0.0660. The van der Waals surface area contributed by atoms with Gasteiger partial charge in [-0.15, -0.1) is 0 Å². The second-order valence-electron chi connectivity index (χ2n) is 3.79. The predicted molar refractivity (Wildman–Crippen MR) is 49.6 cm³/mol. The van der Waals surface area contributed by atoms with Crippen molar-refractivity contribution in [1.29, 1.82) is 0 Å². The summed E-state index contributed by atoms with van der Waals surface area (Å²) >= 11 is 0. The van der Waals surface area contributed by atoms with E-state index in [1.807, 2.05) is 6.08 Å². The van der Waals surface area contributed by atoms with Crippen molar-refractivity contribution in [3.63, 3.8) is 0 Å². The van der Waals surface area contributed by atoms with Gasteiger partial charge in [0.25, 0.3) is 0 Å². The average molecular weight is 190 g/mol. The largest absolute Gasteiger partial charge is 0.442 e. The van der Waals surface area contributed by atoms with Crippen LogP contribution in [0.1, 0.15) is 42.9 Å². The first-order valence-corrected chi connectivity index (χ1v) is 5.07. The first-order valence-electron chi connectivity index (χ1n) is 5.07. The van der Waals surface area contributed by atoms with E-state index in [2.05, 4.69) is 11.1 Å². The second kappa shape index (κ2) is 3.24. The van der Waals surface area contributed by atoms with Crippen molar-refractivity contribution in [2.45, 2.75) is 31.3 Å². The molecular weight excluding hydrogens is 178 g/mol. The van der Waals surface area contributed by atoms with Gasteiger partial charge in [0.1, 0.15) is 6.10 Å². The monoisotopic (exact) mass is 190 g/mol. The fourth-order valence-corrected chi connectivity index (χ4v) is 1.60. The summed E-state index contributed by atoms with van der Waals surface area (Å²) in [5.41, 5.74) is 0. The quantitative estimate of drug-likeness (QED) is 0.718. The summed E-state index contributed by atoms with van der Waals surface area (Å²) < 4.78 is 11.2. The summed E-state index contributed by atoms with van der Waals surface area (Å²) in [6, 6.07) is 0. The molecule has 1 unspecified atom stereocenters. The molecule has 0 spiro atoms. The van der Waals surface area contributed by atoms with E-state index >= 15 is 0 Å². The van der Waals surface area contributed by atoms with E-state index in [1.54, 1.807) is 6.20 Å². The van der Waals surface area contributed by atoms with Gasteiger partial charge >= 0.3 is 0 Å². The van der Waals surface area contributed by atoms with Gasteiger partial charge in [0.05, 0.1) is 12.8 Å². The Kier molecular flexibility index (Phi) is 1.91. The maximum absolute atomic E-state index is 5.64. The van der Waals surface area contributed by atoms with Crippen LogP contribution in [0.25, 0.3) is 0 Å². The van der Waals surface area contributed by atoms with Crippen molar-refractivity contribution in [2.75, 3.05) is 6.61 Å². The zero-order valence-corrected chi connectivity index (χ0v) is 7.90. The van der Waals surface area contributed by atoms with E-state index in [-0.39, 0.29) is 6.10 Å². The highest BCUT2D eigenvalue weighted by atomic mass is 16.5. The molecule has 3 rings (SSSR count). The zero-order valence-electron chi connectivity index (χ0n) is 7.90. The van der Waals surface area contributed by atoms with Crippen LogP contribution in [0.4, 0.5) is 0 Å². The average Bonchev–Trinajstić information content (AvgIpc) is 2.98. The highest BCUT2D eigenvalue weighted by Crippen LogP contribution is 2.40. The Morgan fingerprint density at radius 2 is 2.36 bits per heavy atom. The van der Waals surface area contributed by atoms with Crippen molar-refractivity contribution >= 4 is 0 Å². The van der Waals surface area contributed by atoms with E-state index in [4.69, 9.17) is 9.15 Å². The lowest BCUT2D eigenvalue weighted by molar-refractivity contribution is 0.0624. The van der Waals surface area contributed by atoms with Crippen molar-refractivity contribution in [3.05, 3.63) is 30.0 Å². The highest BCUT2D eigenvalue weighted by molar-refractivity contribution is 5.10. The molecule has 0 amide bonds. The summed E-state index contributed by atoms with van der Waals surface area (Å²) in [7, 11) is 0. The maximum atomic E-state index is 5.64. The Labute approximate surface area is 82.8 Å². The molecular formula is C11H12NO2. The minimum atomic E-state index is -0.0660. The Morgan fingerprint density at radius 3 is 3.07 bits per heavy atom. The highest BCUT2D eigenvalue weighted by Gasteiger charge is 2.29. The Balaban J connectivity index is 1.80. The summed E-state index contributed by atoms with van der Waals surface area (Å²) in [5, 5.41) is 0. The molecule has 1 aromatic rings. The Morgan fingerprint density at radius 1 is 1.43 bits per heavy atom. The van der Waals surface area contributed by atoms with Crippen LogP contribution in [0.5, 0.6) is 0 Å². The number of hydrogen-bond donors (Lipinski definition) is 0. The van der Waals surface area contributed by atoms with Gasteiger partial charge in [-0.05, 0) is 31.4 Å². The SMILES string of the molecule is [C]1=CC(c2cnc(C3CC3)o2)OCC1. The van der Waals surface area contributed by atoms with E-state index in [9.17, 15) is 0 Å². The lowest BCUT2D eigenvalue weighted by atomic mass is 10.2. The smallest absolute Gasteiger partial charge is 0.197 e. The topological polar surface area (TPSA) is 35.3 Å². The number of ether oxygens (including phenoxy) is 1. The van der Waals surface area contributed by atoms with Crippen LogP contribution in [0, 0.1) is 6.08 Å². The third kappa shape index (κ3) is 1.48. The van der Waals surface area contributed by atoms with Crippen molar-refractivity contribution in [1.82, 2.24) is 4.98 Å². The maximum Gasteiger partial charge on any atom is 0.197 e. The molecule has 73 valence electrons. The molecule has 2 heterocycles. The molecule has 0 N–H and O–H groups in total. The standard InChI is InChI=1S/C11H12NO2/c1-2-6-13-9(3-1)10-7-12-11(14-10)8-4-5-8/h3,7-9H,2,4-6H2. The lowest BCUT2D eigenvalue weighted by Gasteiger charge is -2.13. The molecule has 1 radical (unpaired) electrons. The molecule has 0 aromatic carbocycles. The number of aromatic nitrogens is 1. The zero-order chi connectivity index (χ0) is 9.38. The molecule has 1 aliphatic heterocycles. The molecule has 3 nitrogen and oxygen atoms in total. The third-order valence-corrected chi connectivity index (χ3v) is 2.56. The van der Waals surface area contributed by atoms with Crippen molar-refractivity contribution < 1.29 is 9.15 Å². The van der Waals surface area contributed by atoms with Gasteiger partial charge in [0, 0.05) is 5.92 Å². The molecule has 1 saturated carbocycles. The normalized spacial score (nSPS) is 26.7. The van der Waals surface area contributed by atoms with Crippen LogP contribution in [0.3, 0.4) is 0 Å². The molecule has 3 heteroatoms. The number of rotatable bonds is 2. The molecule has 1 aromatic heterocycles. The van der Waals surface area contributed by atoms with E-state index in [0.717, 1.165) is 24.7 Å². The van der Waals surface area contributed by atoms with E-state index in [1.165, 1.54) is 12.8 Å². The van der Waals surface area contributed by atoms with Gasteiger partial charge in [-0.2, -0.15) is 0 Å². The molecule has 0 bridgehead atoms. The number of nitrogens with zero attached hydrogens (tertiary/aromatic N) is 1. The minimum Gasteiger partial charge on any atom is -0.442 e. The third-order valence-electron chi connectivity index (χ3n) is 2.56. The molecule has 1 atom stereocenters. The van der Waals surface area contributed by atoms with Gasteiger partial charge in [0.2, 0.25) is 0 Å². The van der Waals surface area contributed by atoms with Gasteiger partial charge in [0.15, 0.2) is 11.7 Å². The van der Waals surface area contributed by atoms with Crippen LogP contribution in [-0.2, 0) is 4.74 Å². The van der Waals surface area contributed by atoms with Crippen molar-refractivity contribution in [3.8, 4) is 0 Å². The van der Waals surface area contributed by atoms with E-state index in [0.29, 0.717) is 5.92 Å². The van der Waals surface area contributed by atoms with Crippen LogP contribution in [0.2, 0.25) is 0 Å². The molecule has 14 heavy (non-hydrogen) atoms. The summed E-state index contributed by atoms with van der Waals surface area (Å²) in [4.78, 5) is 4.26. The number of oxazole rings is 1. The van der Waals surface area contributed by atoms with Gasteiger partial charge < -0.3 is 9.15 Å². The first-order chi connectivity index (χ1) is 6.93. The summed E-state index contributed by atoms with van der Waals surface area (Å²) in [5.74, 6) is 2.27. The van der Waals surface area contributed by atoms with Gasteiger partial charge in [-0.3, -0.25) is 0 Å². The lowest BCUT2D eigenvalue weighted by Crippen LogP contribution is -2.05. The molecule has 2 aliphatic rings. The summed E-state index contributed by atoms with van der Waals surface area (Å²) in [6.07, 6.45) is 10.1. The van der Waals surface area contributed by atoms with Crippen LogP contribution >= 0.6 is 0 Å².